The third kappa shape index (κ3) is 3.17. The molecule has 4 nitrogen and oxygen atoms in total. The largest absolute Gasteiger partial charge is 0.459 e. The molecule has 0 radical (unpaired) electrons. The van der Waals surface area contributed by atoms with Gasteiger partial charge in [-0.1, -0.05) is 60.7 Å². The molecular formula is C17H14O4. The molecule has 0 aromatic heterocycles. The van der Waals surface area contributed by atoms with Crippen LogP contribution in [-0.4, -0.2) is 24.0 Å². The Hall–Kier alpha value is -2.46. The van der Waals surface area contributed by atoms with Crippen LogP contribution in [0, 0.1) is 0 Å². The van der Waals surface area contributed by atoms with Gasteiger partial charge in [0.05, 0.1) is 0 Å². The number of carbonyl (C=O) groups is 2. The van der Waals surface area contributed by atoms with Crippen LogP contribution in [0.25, 0.3) is 0 Å². The van der Waals surface area contributed by atoms with Gasteiger partial charge >= 0.3 is 5.97 Å². The van der Waals surface area contributed by atoms with Crippen molar-refractivity contribution in [3.8, 4) is 0 Å². The fourth-order valence-corrected chi connectivity index (χ4v) is 2.07. The minimum absolute atomic E-state index is 0.183. The van der Waals surface area contributed by atoms with E-state index in [0.29, 0.717) is 5.56 Å². The number of hydrogen-bond acceptors (Lipinski definition) is 4. The van der Waals surface area contributed by atoms with Crippen LogP contribution in [0.1, 0.15) is 15.9 Å². The van der Waals surface area contributed by atoms with E-state index in [-0.39, 0.29) is 12.4 Å². The molecule has 2 aromatic rings. The molecule has 2 aromatic carbocycles. The van der Waals surface area contributed by atoms with E-state index in [2.05, 4.69) is 0 Å². The first-order valence-corrected chi connectivity index (χ1v) is 6.71. The van der Waals surface area contributed by atoms with Crippen molar-refractivity contribution >= 4 is 11.8 Å². The van der Waals surface area contributed by atoms with Gasteiger partial charge in [0.2, 0.25) is 0 Å². The number of carbonyl (C=O) groups excluding carboxylic acids is 2. The molecule has 0 saturated carbocycles. The van der Waals surface area contributed by atoms with Gasteiger partial charge in [-0.3, -0.25) is 4.79 Å². The van der Waals surface area contributed by atoms with Crippen LogP contribution in [0.3, 0.4) is 0 Å². The third-order valence-corrected chi connectivity index (χ3v) is 3.26. The van der Waals surface area contributed by atoms with E-state index >= 15 is 0 Å². The molecule has 0 aliphatic carbocycles. The number of Topliss-reactive ketones (excluding diaryl/α,β-unsaturated/α-hetero) is 1. The molecule has 2 atom stereocenters. The molecule has 0 spiro atoms. The van der Waals surface area contributed by atoms with Crippen molar-refractivity contribution in [2.45, 2.75) is 18.8 Å². The zero-order valence-electron chi connectivity index (χ0n) is 11.3. The lowest BCUT2D eigenvalue weighted by Gasteiger charge is -2.02. The standard InChI is InChI=1S/C17H14O4/c18-14(13-9-5-2-6-10-13)15-16(21-15)17(19)20-11-12-7-3-1-4-8-12/h1-10,15-16H,11H2/t15-,16+/m1/s1. The average Bonchev–Trinajstić information content (AvgIpc) is 3.34. The van der Waals surface area contributed by atoms with Crippen molar-refractivity contribution in [3.63, 3.8) is 0 Å². The van der Waals surface area contributed by atoms with Gasteiger partial charge in [0.1, 0.15) is 6.61 Å². The highest BCUT2D eigenvalue weighted by molar-refractivity contribution is 6.04. The fraction of sp³-hybridized carbons (Fsp3) is 0.176. The number of esters is 1. The first-order chi connectivity index (χ1) is 10.3. The van der Waals surface area contributed by atoms with Crippen LogP contribution in [-0.2, 0) is 20.9 Å². The van der Waals surface area contributed by atoms with Crippen molar-refractivity contribution in [2.75, 3.05) is 0 Å². The van der Waals surface area contributed by atoms with E-state index in [1.807, 2.05) is 36.4 Å². The molecular weight excluding hydrogens is 268 g/mol. The van der Waals surface area contributed by atoms with Crippen molar-refractivity contribution < 1.29 is 19.1 Å². The number of hydrogen-bond donors (Lipinski definition) is 0. The smallest absolute Gasteiger partial charge is 0.338 e. The summed E-state index contributed by atoms with van der Waals surface area (Å²) in [4.78, 5) is 23.9. The number of benzene rings is 2. The van der Waals surface area contributed by atoms with Crippen molar-refractivity contribution in [1.82, 2.24) is 0 Å². The molecule has 4 heteroatoms. The summed E-state index contributed by atoms with van der Waals surface area (Å²) in [5.41, 5.74) is 1.44. The predicted molar refractivity (Wildman–Crippen MR) is 75.7 cm³/mol. The summed E-state index contributed by atoms with van der Waals surface area (Å²) in [5, 5.41) is 0. The van der Waals surface area contributed by atoms with Gasteiger partial charge in [0.25, 0.3) is 0 Å². The van der Waals surface area contributed by atoms with E-state index in [1.54, 1.807) is 24.3 Å². The SMILES string of the molecule is O=C(OCc1ccccc1)[C@H]1O[C@@H]1C(=O)c1ccccc1. The highest BCUT2D eigenvalue weighted by Gasteiger charge is 2.51. The maximum atomic E-state index is 12.1. The first kappa shape index (κ1) is 13.5. The number of epoxide rings is 1. The van der Waals surface area contributed by atoms with Crippen LogP contribution >= 0.6 is 0 Å². The molecule has 0 unspecified atom stereocenters. The van der Waals surface area contributed by atoms with Crippen molar-refractivity contribution in [1.29, 1.82) is 0 Å². The highest BCUT2D eigenvalue weighted by Crippen LogP contribution is 2.27. The van der Waals surface area contributed by atoms with Gasteiger partial charge in [-0.05, 0) is 5.56 Å². The number of ether oxygens (including phenoxy) is 2. The van der Waals surface area contributed by atoms with E-state index < -0.39 is 18.2 Å². The fourth-order valence-electron chi connectivity index (χ4n) is 2.07. The maximum absolute atomic E-state index is 12.1. The molecule has 106 valence electrons. The summed E-state index contributed by atoms with van der Waals surface area (Å²) in [6, 6.07) is 18.2. The third-order valence-electron chi connectivity index (χ3n) is 3.26. The second-order valence-corrected chi connectivity index (χ2v) is 4.80. The summed E-state index contributed by atoms with van der Waals surface area (Å²) >= 11 is 0. The molecule has 1 aliphatic heterocycles. The highest BCUT2D eigenvalue weighted by atomic mass is 16.6. The molecule has 3 rings (SSSR count). The monoisotopic (exact) mass is 282 g/mol. The topological polar surface area (TPSA) is 55.9 Å². The lowest BCUT2D eigenvalue weighted by Crippen LogP contribution is -2.18. The van der Waals surface area contributed by atoms with E-state index in [0.717, 1.165) is 5.56 Å². The lowest BCUT2D eigenvalue weighted by atomic mass is 10.1. The summed E-state index contributed by atoms with van der Waals surface area (Å²) in [5.74, 6) is -0.676. The van der Waals surface area contributed by atoms with E-state index in [4.69, 9.17) is 9.47 Å². The number of rotatable bonds is 5. The quantitative estimate of drug-likeness (QED) is 0.480. The van der Waals surface area contributed by atoms with Gasteiger partial charge in [-0.15, -0.1) is 0 Å². The van der Waals surface area contributed by atoms with Crippen LogP contribution in [0.15, 0.2) is 60.7 Å². The summed E-state index contributed by atoms with van der Waals surface area (Å²) < 4.78 is 10.3. The van der Waals surface area contributed by atoms with Gasteiger partial charge in [-0.2, -0.15) is 0 Å². The van der Waals surface area contributed by atoms with Crippen LogP contribution < -0.4 is 0 Å². The first-order valence-electron chi connectivity index (χ1n) is 6.71. The summed E-state index contributed by atoms with van der Waals surface area (Å²) in [6.45, 7) is 0.186. The minimum Gasteiger partial charge on any atom is -0.459 e. The molecule has 1 aliphatic rings. The Morgan fingerprint density at radius 3 is 2.19 bits per heavy atom. The van der Waals surface area contributed by atoms with E-state index in [1.165, 1.54) is 0 Å². The van der Waals surface area contributed by atoms with Crippen molar-refractivity contribution in [2.24, 2.45) is 0 Å². The predicted octanol–water partition coefficient (Wildman–Crippen LogP) is 2.38. The molecule has 21 heavy (non-hydrogen) atoms. The van der Waals surface area contributed by atoms with Gasteiger partial charge in [0.15, 0.2) is 18.0 Å². The Balaban J connectivity index is 1.53. The molecule has 0 N–H and O–H groups in total. The molecule has 1 heterocycles. The van der Waals surface area contributed by atoms with Gasteiger partial charge in [-0.25, -0.2) is 4.79 Å². The summed E-state index contributed by atoms with van der Waals surface area (Å²) in [7, 11) is 0. The Labute approximate surface area is 122 Å². The zero-order chi connectivity index (χ0) is 14.7. The van der Waals surface area contributed by atoms with Crippen LogP contribution in [0.5, 0.6) is 0 Å². The Kier molecular flexibility index (Phi) is 3.79. The second kappa shape index (κ2) is 5.89. The van der Waals surface area contributed by atoms with Crippen molar-refractivity contribution in [3.05, 3.63) is 71.8 Å². The minimum atomic E-state index is -0.776. The Morgan fingerprint density at radius 2 is 1.52 bits per heavy atom. The Bertz CT molecular complexity index is 636. The maximum Gasteiger partial charge on any atom is 0.338 e. The van der Waals surface area contributed by atoms with E-state index in [9.17, 15) is 9.59 Å². The Morgan fingerprint density at radius 1 is 0.905 bits per heavy atom. The van der Waals surface area contributed by atoms with Crippen LogP contribution in [0.2, 0.25) is 0 Å². The average molecular weight is 282 g/mol. The van der Waals surface area contributed by atoms with Crippen LogP contribution in [0.4, 0.5) is 0 Å². The molecule has 1 fully saturated rings. The zero-order valence-corrected chi connectivity index (χ0v) is 11.3. The molecule has 1 saturated heterocycles. The molecule has 0 amide bonds. The molecule has 0 bridgehead atoms. The van der Waals surface area contributed by atoms with Gasteiger partial charge in [0, 0.05) is 5.56 Å². The number of ketones is 1. The van der Waals surface area contributed by atoms with Gasteiger partial charge < -0.3 is 9.47 Å². The second-order valence-electron chi connectivity index (χ2n) is 4.80. The summed E-state index contributed by atoms with van der Waals surface area (Å²) in [6.07, 6.45) is -1.49. The normalized spacial score (nSPS) is 19.8. The lowest BCUT2D eigenvalue weighted by molar-refractivity contribution is -0.146.